The van der Waals surface area contributed by atoms with Gasteiger partial charge in [0.1, 0.15) is 0 Å². The smallest absolute Gasteiger partial charge is 0.0325 e. The molecule has 0 amide bonds. The van der Waals surface area contributed by atoms with Gasteiger partial charge in [-0.2, -0.15) is 0 Å². The largest absolute Gasteiger partial charge is 0.310 e. The molecule has 1 nitrogen and oxygen atoms in total. The molecule has 1 N–H and O–H groups in total. The summed E-state index contributed by atoms with van der Waals surface area (Å²) >= 11 is 0. The Labute approximate surface area is 106 Å². The summed E-state index contributed by atoms with van der Waals surface area (Å²) < 4.78 is 0. The summed E-state index contributed by atoms with van der Waals surface area (Å²) in [5.41, 5.74) is 5.79. The van der Waals surface area contributed by atoms with Crippen molar-refractivity contribution in [2.45, 2.75) is 53.0 Å². The zero-order chi connectivity index (χ0) is 12.4. The Morgan fingerprint density at radius 2 is 1.76 bits per heavy atom. The van der Waals surface area contributed by atoms with E-state index >= 15 is 0 Å². The molecule has 2 rings (SSSR count). The molecule has 1 aromatic rings. The van der Waals surface area contributed by atoms with Gasteiger partial charge in [0, 0.05) is 6.04 Å². The van der Waals surface area contributed by atoms with Gasteiger partial charge in [-0.05, 0) is 61.9 Å². The summed E-state index contributed by atoms with van der Waals surface area (Å²) in [4.78, 5) is 0. The predicted octanol–water partition coefficient (Wildman–Crippen LogP) is 4.06. The molecular weight excluding hydrogens is 206 g/mol. The van der Waals surface area contributed by atoms with Crippen LogP contribution in [0.1, 0.15) is 54.5 Å². The van der Waals surface area contributed by atoms with E-state index in [9.17, 15) is 0 Å². The molecule has 1 unspecified atom stereocenters. The van der Waals surface area contributed by atoms with Gasteiger partial charge in [0.05, 0.1) is 0 Å². The van der Waals surface area contributed by atoms with Crippen molar-refractivity contribution in [3.63, 3.8) is 0 Å². The summed E-state index contributed by atoms with van der Waals surface area (Å²) in [6, 6.07) is 5.29. The van der Waals surface area contributed by atoms with Crippen molar-refractivity contribution in [1.82, 2.24) is 5.32 Å². The summed E-state index contributed by atoms with van der Waals surface area (Å²) in [5.74, 6) is 0.972. The van der Waals surface area contributed by atoms with Crippen molar-refractivity contribution >= 4 is 0 Å². The van der Waals surface area contributed by atoms with Gasteiger partial charge in [-0.3, -0.25) is 0 Å². The Kier molecular flexibility index (Phi) is 3.88. The maximum atomic E-state index is 3.66. The van der Waals surface area contributed by atoms with E-state index in [1.807, 2.05) is 0 Å². The lowest BCUT2D eigenvalue weighted by atomic mass is 9.93. The number of nitrogens with one attached hydrogen (secondary N) is 1. The van der Waals surface area contributed by atoms with E-state index in [0.717, 1.165) is 12.5 Å². The van der Waals surface area contributed by atoms with Crippen LogP contribution >= 0.6 is 0 Å². The molecular formula is C16H25N. The maximum Gasteiger partial charge on any atom is 0.0325 e. The van der Waals surface area contributed by atoms with Crippen LogP contribution in [-0.4, -0.2) is 6.54 Å². The van der Waals surface area contributed by atoms with Gasteiger partial charge in [-0.1, -0.05) is 31.9 Å². The first-order valence-electron chi connectivity index (χ1n) is 6.93. The number of hydrogen-bond donors (Lipinski definition) is 1. The second-order valence-corrected chi connectivity index (χ2v) is 5.58. The minimum absolute atomic E-state index is 0.562. The highest BCUT2D eigenvalue weighted by atomic mass is 14.9. The molecule has 94 valence electrons. The van der Waals surface area contributed by atoms with Gasteiger partial charge in [0.25, 0.3) is 0 Å². The predicted molar refractivity (Wildman–Crippen MR) is 74.4 cm³/mol. The molecule has 1 heteroatoms. The molecule has 1 aromatic carbocycles. The zero-order valence-electron chi connectivity index (χ0n) is 11.6. The molecule has 0 radical (unpaired) electrons. The lowest BCUT2D eigenvalue weighted by molar-refractivity contribution is 0.485. The van der Waals surface area contributed by atoms with Crippen LogP contribution in [0.3, 0.4) is 0 Å². The quantitative estimate of drug-likeness (QED) is 0.805. The highest BCUT2D eigenvalue weighted by molar-refractivity contribution is 5.38. The number of hydrogen-bond acceptors (Lipinski definition) is 1. The molecule has 0 saturated heterocycles. The third-order valence-corrected chi connectivity index (χ3v) is 3.97. The fourth-order valence-electron chi connectivity index (χ4n) is 2.61. The third kappa shape index (κ3) is 3.10. The van der Waals surface area contributed by atoms with E-state index in [1.54, 1.807) is 0 Å². The topological polar surface area (TPSA) is 12.0 Å². The van der Waals surface area contributed by atoms with Gasteiger partial charge in [-0.25, -0.2) is 0 Å². The summed E-state index contributed by atoms with van der Waals surface area (Å²) in [6.45, 7) is 9.94. The Balaban J connectivity index is 2.23. The third-order valence-electron chi connectivity index (χ3n) is 3.97. The number of aryl methyl sites for hydroxylation is 3. The normalized spacial score (nSPS) is 17.2. The van der Waals surface area contributed by atoms with Crippen molar-refractivity contribution < 1.29 is 0 Å². The fraction of sp³-hybridized carbons (Fsp3) is 0.625. The molecule has 0 aromatic heterocycles. The van der Waals surface area contributed by atoms with E-state index in [0.29, 0.717) is 6.04 Å². The van der Waals surface area contributed by atoms with Crippen LogP contribution in [-0.2, 0) is 0 Å². The molecule has 0 bridgehead atoms. The molecule has 17 heavy (non-hydrogen) atoms. The van der Waals surface area contributed by atoms with Gasteiger partial charge >= 0.3 is 0 Å². The van der Waals surface area contributed by atoms with Crippen LogP contribution in [0.25, 0.3) is 0 Å². The Morgan fingerprint density at radius 3 is 2.35 bits per heavy atom. The molecule has 1 atom stereocenters. The summed E-state index contributed by atoms with van der Waals surface area (Å²) in [6.07, 6.45) is 4.19. The van der Waals surface area contributed by atoms with Gasteiger partial charge in [0.2, 0.25) is 0 Å². The monoisotopic (exact) mass is 231 g/mol. The molecule has 1 saturated carbocycles. The molecule has 1 fully saturated rings. The first kappa shape index (κ1) is 12.6. The van der Waals surface area contributed by atoms with Crippen molar-refractivity contribution in [2.24, 2.45) is 5.92 Å². The van der Waals surface area contributed by atoms with Crippen LogP contribution < -0.4 is 5.32 Å². The first-order valence-corrected chi connectivity index (χ1v) is 6.93. The standard InChI is InChI=1S/C16H25N/c1-5-17-16(10-14-6-7-14)15-9-12(3)11(2)8-13(15)4/h8-9,14,16-17H,5-7,10H2,1-4H3. The van der Waals surface area contributed by atoms with E-state index in [-0.39, 0.29) is 0 Å². The number of rotatable bonds is 5. The average Bonchev–Trinajstić information content (AvgIpc) is 3.07. The van der Waals surface area contributed by atoms with Crippen LogP contribution in [0.15, 0.2) is 12.1 Å². The van der Waals surface area contributed by atoms with E-state index in [1.165, 1.54) is 41.5 Å². The van der Waals surface area contributed by atoms with Crippen LogP contribution in [0, 0.1) is 26.7 Å². The molecule has 0 aliphatic heterocycles. The Morgan fingerprint density at radius 1 is 1.12 bits per heavy atom. The van der Waals surface area contributed by atoms with Crippen LogP contribution in [0.4, 0.5) is 0 Å². The summed E-state index contributed by atoms with van der Waals surface area (Å²) in [5, 5.41) is 3.66. The van der Waals surface area contributed by atoms with Crippen molar-refractivity contribution in [1.29, 1.82) is 0 Å². The highest BCUT2D eigenvalue weighted by Crippen LogP contribution is 2.38. The second kappa shape index (κ2) is 5.22. The zero-order valence-corrected chi connectivity index (χ0v) is 11.6. The molecule has 1 aliphatic carbocycles. The second-order valence-electron chi connectivity index (χ2n) is 5.58. The van der Waals surface area contributed by atoms with E-state index in [2.05, 4.69) is 45.1 Å². The average molecular weight is 231 g/mol. The van der Waals surface area contributed by atoms with Crippen LogP contribution in [0.2, 0.25) is 0 Å². The maximum absolute atomic E-state index is 3.66. The van der Waals surface area contributed by atoms with Gasteiger partial charge in [-0.15, -0.1) is 0 Å². The van der Waals surface area contributed by atoms with E-state index in [4.69, 9.17) is 0 Å². The van der Waals surface area contributed by atoms with E-state index < -0.39 is 0 Å². The van der Waals surface area contributed by atoms with Crippen molar-refractivity contribution in [2.75, 3.05) is 6.54 Å². The minimum atomic E-state index is 0.562. The highest BCUT2D eigenvalue weighted by Gasteiger charge is 2.26. The Bertz CT molecular complexity index is 391. The first-order chi connectivity index (χ1) is 8.11. The minimum Gasteiger partial charge on any atom is -0.310 e. The lowest BCUT2D eigenvalue weighted by Gasteiger charge is -2.21. The lowest BCUT2D eigenvalue weighted by Crippen LogP contribution is -2.22. The SMILES string of the molecule is CCNC(CC1CC1)c1cc(C)c(C)cc1C. The molecule has 0 spiro atoms. The van der Waals surface area contributed by atoms with Crippen LogP contribution in [0.5, 0.6) is 0 Å². The van der Waals surface area contributed by atoms with Gasteiger partial charge < -0.3 is 5.32 Å². The van der Waals surface area contributed by atoms with Crippen molar-refractivity contribution in [3.8, 4) is 0 Å². The molecule has 0 heterocycles. The molecule has 1 aliphatic rings. The Hall–Kier alpha value is -0.820. The summed E-state index contributed by atoms with van der Waals surface area (Å²) in [7, 11) is 0. The van der Waals surface area contributed by atoms with Crippen molar-refractivity contribution in [3.05, 3.63) is 34.4 Å². The fourth-order valence-corrected chi connectivity index (χ4v) is 2.61. The number of benzene rings is 1. The van der Waals surface area contributed by atoms with Gasteiger partial charge in [0.15, 0.2) is 0 Å².